The van der Waals surface area contributed by atoms with Crippen molar-refractivity contribution in [2.75, 3.05) is 12.3 Å². The molecule has 0 radical (unpaired) electrons. The van der Waals surface area contributed by atoms with Gasteiger partial charge in [0.25, 0.3) is 0 Å². The molecule has 114 valence electrons. The van der Waals surface area contributed by atoms with Crippen LogP contribution in [-0.2, 0) is 16.4 Å². The number of sulfonamides is 1. The Bertz CT molecular complexity index is 678. The van der Waals surface area contributed by atoms with Gasteiger partial charge >= 0.3 is 0 Å². The summed E-state index contributed by atoms with van der Waals surface area (Å²) in [6, 6.07) is 9.94. The van der Waals surface area contributed by atoms with Gasteiger partial charge in [0.15, 0.2) is 0 Å². The van der Waals surface area contributed by atoms with Crippen LogP contribution in [0.15, 0.2) is 36.5 Å². The van der Waals surface area contributed by atoms with Gasteiger partial charge in [0.1, 0.15) is 0 Å². The molecule has 2 rings (SSSR count). The molecule has 0 fully saturated rings. The number of hydrogen-bond acceptors (Lipinski definition) is 3. The van der Waals surface area contributed by atoms with Crippen molar-refractivity contribution in [3.05, 3.63) is 47.8 Å². The molecule has 0 spiro atoms. The maximum atomic E-state index is 11.3. The molecule has 2 aromatic rings. The summed E-state index contributed by atoms with van der Waals surface area (Å²) < 4.78 is 27.1. The Labute approximate surface area is 126 Å². The zero-order valence-corrected chi connectivity index (χ0v) is 13.2. The molecule has 6 heteroatoms. The summed E-state index contributed by atoms with van der Waals surface area (Å²) in [6.45, 7) is 4.08. The molecular formula is C15H21N3O2S. The molecule has 21 heavy (non-hydrogen) atoms. The van der Waals surface area contributed by atoms with E-state index in [2.05, 4.69) is 9.82 Å². The van der Waals surface area contributed by atoms with Crippen LogP contribution in [0.5, 0.6) is 0 Å². The molecule has 5 nitrogen and oxygen atoms in total. The van der Waals surface area contributed by atoms with Crippen LogP contribution in [0.1, 0.15) is 24.6 Å². The van der Waals surface area contributed by atoms with Crippen LogP contribution in [0.25, 0.3) is 5.69 Å². The van der Waals surface area contributed by atoms with Gasteiger partial charge in [-0.15, -0.1) is 0 Å². The normalized spacial score (nSPS) is 11.7. The second kappa shape index (κ2) is 6.87. The Morgan fingerprint density at radius 1 is 1.24 bits per heavy atom. The van der Waals surface area contributed by atoms with Crippen LogP contribution in [-0.4, -0.2) is 30.5 Å². The van der Waals surface area contributed by atoms with E-state index >= 15 is 0 Å². The topological polar surface area (TPSA) is 64.0 Å². The molecule has 0 aliphatic rings. The highest BCUT2D eigenvalue weighted by molar-refractivity contribution is 7.89. The standard InChI is InChI=1S/C15H21N3O2S/c1-3-21(19,20)16-11-7-8-14-12-18(17-13(14)2)15-9-5-4-6-10-15/h4-6,9-10,12,16H,3,7-8,11H2,1-2H3. The molecule has 0 aliphatic carbocycles. The minimum Gasteiger partial charge on any atom is -0.240 e. The largest absolute Gasteiger partial charge is 0.240 e. The average Bonchev–Trinajstić information content (AvgIpc) is 2.86. The van der Waals surface area contributed by atoms with Crippen LogP contribution >= 0.6 is 0 Å². The number of hydrogen-bond donors (Lipinski definition) is 1. The number of benzene rings is 1. The summed E-state index contributed by atoms with van der Waals surface area (Å²) in [5.74, 6) is 0.123. The number of nitrogens with one attached hydrogen (secondary N) is 1. The van der Waals surface area contributed by atoms with E-state index in [0.29, 0.717) is 6.54 Å². The number of rotatable bonds is 7. The van der Waals surface area contributed by atoms with Gasteiger partial charge in [-0.05, 0) is 44.4 Å². The third-order valence-corrected chi connectivity index (χ3v) is 4.75. The summed E-state index contributed by atoms with van der Waals surface area (Å²) >= 11 is 0. The van der Waals surface area contributed by atoms with Gasteiger partial charge in [-0.1, -0.05) is 18.2 Å². The fourth-order valence-corrected chi connectivity index (χ4v) is 2.72. The lowest BCUT2D eigenvalue weighted by atomic mass is 10.1. The first kappa shape index (κ1) is 15.7. The van der Waals surface area contributed by atoms with Crippen LogP contribution in [0.4, 0.5) is 0 Å². The second-order valence-corrected chi connectivity index (χ2v) is 7.02. The Kier molecular flexibility index (Phi) is 5.14. The summed E-state index contributed by atoms with van der Waals surface area (Å²) in [6.07, 6.45) is 3.59. The minimum atomic E-state index is -3.09. The Hall–Kier alpha value is -1.66. The highest BCUT2D eigenvalue weighted by Crippen LogP contribution is 2.13. The van der Waals surface area contributed by atoms with Crippen molar-refractivity contribution in [1.29, 1.82) is 0 Å². The van der Waals surface area contributed by atoms with E-state index in [4.69, 9.17) is 0 Å². The molecule has 0 saturated carbocycles. The third kappa shape index (κ3) is 4.41. The first-order chi connectivity index (χ1) is 10.0. The lowest BCUT2D eigenvalue weighted by Gasteiger charge is -2.03. The van der Waals surface area contributed by atoms with Crippen molar-refractivity contribution >= 4 is 10.0 Å². The van der Waals surface area contributed by atoms with Crippen LogP contribution < -0.4 is 4.72 Å². The number of aromatic nitrogens is 2. The fourth-order valence-electron chi connectivity index (χ4n) is 2.06. The van der Waals surface area contributed by atoms with Crippen molar-refractivity contribution in [3.8, 4) is 5.69 Å². The van der Waals surface area contributed by atoms with E-state index in [-0.39, 0.29) is 5.75 Å². The Morgan fingerprint density at radius 2 is 1.95 bits per heavy atom. The quantitative estimate of drug-likeness (QED) is 0.796. The smallest absolute Gasteiger partial charge is 0.211 e. The van der Waals surface area contributed by atoms with Gasteiger partial charge in [0.05, 0.1) is 17.1 Å². The molecule has 1 aromatic heterocycles. The molecule has 1 aromatic carbocycles. The first-order valence-electron chi connectivity index (χ1n) is 7.10. The van der Waals surface area contributed by atoms with Crippen molar-refractivity contribution in [1.82, 2.24) is 14.5 Å². The molecule has 0 aliphatic heterocycles. The van der Waals surface area contributed by atoms with Gasteiger partial charge in [-0.3, -0.25) is 0 Å². The van der Waals surface area contributed by atoms with E-state index in [0.717, 1.165) is 29.8 Å². The minimum absolute atomic E-state index is 0.123. The maximum absolute atomic E-state index is 11.3. The zero-order chi connectivity index (χ0) is 15.3. The van der Waals surface area contributed by atoms with Crippen LogP contribution in [0.2, 0.25) is 0 Å². The number of para-hydroxylation sites is 1. The van der Waals surface area contributed by atoms with E-state index in [1.54, 1.807) is 6.92 Å². The number of nitrogens with zero attached hydrogens (tertiary/aromatic N) is 2. The molecule has 0 amide bonds. The zero-order valence-electron chi connectivity index (χ0n) is 12.4. The van der Waals surface area contributed by atoms with Crippen molar-refractivity contribution in [3.63, 3.8) is 0 Å². The Morgan fingerprint density at radius 3 is 2.62 bits per heavy atom. The first-order valence-corrected chi connectivity index (χ1v) is 8.75. The van der Waals surface area contributed by atoms with E-state index in [9.17, 15) is 8.42 Å². The Balaban J connectivity index is 1.95. The maximum Gasteiger partial charge on any atom is 0.211 e. The SMILES string of the molecule is CCS(=O)(=O)NCCCc1cn(-c2ccccc2)nc1C. The van der Waals surface area contributed by atoms with Gasteiger partial charge in [0, 0.05) is 12.7 Å². The lowest BCUT2D eigenvalue weighted by molar-refractivity contribution is 0.580. The third-order valence-electron chi connectivity index (χ3n) is 3.35. The highest BCUT2D eigenvalue weighted by atomic mass is 32.2. The van der Waals surface area contributed by atoms with Crippen LogP contribution in [0.3, 0.4) is 0 Å². The molecule has 0 saturated heterocycles. The summed E-state index contributed by atoms with van der Waals surface area (Å²) in [5, 5.41) is 4.50. The molecular weight excluding hydrogens is 286 g/mol. The van der Waals surface area contributed by atoms with Crippen molar-refractivity contribution in [2.24, 2.45) is 0 Å². The van der Waals surface area contributed by atoms with E-state index in [1.165, 1.54) is 0 Å². The average molecular weight is 307 g/mol. The molecule has 0 bridgehead atoms. The molecule has 1 N–H and O–H groups in total. The summed E-state index contributed by atoms with van der Waals surface area (Å²) in [5.41, 5.74) is 3.16. The monoisotopic (exact) mass is 307 g/mol. The fraction of sp³-hybridized carbons (Fsp3) is 0.400. The van der Waals surface area contributed by atoms with Crippen molar-refractivity contribution in [2.45, 2.75) is 26.7 Å². The van der Waals surface area contributed by atoms with E-state index in [1.807, 2.05) is 48.1 Å². The molecule has 0 atom stereocenters. The van der Waals surface area contributed by atoms with Crippen LogP contribution in [0, 0.1) is 6.92 Å². The predicted molar refractivity (Wildman–Crippen MR) is 84.1 cm³/mol. The number of aryl methyl sites for hydroxylation is 2. The summed E-state index contributed by atoms with van der Waals surface area (Å²) in [4.78, 5) is 0. The van der Waals surface area contributed by atoms with Gasteiger partial charge in [-0.25, -0.2) is 17.8 Å². The molecule has 1 heterocycles. The van der Waals surface area contributed by atoms with Gasteiger partial charge in [-0.2, -0.15) is 5.10 Å². The lowest BCUT2D eigenvalue weighted by Crippen LogP contribution is -2.26. The van der Waals surface area contributed by atoms with E-state index < -0.39 is 10.0 Å². The molecule has 0 unspecified atom stereocenters. The summed E-state index contributed by atoms with van der Waals surface area (Å²) in [7, 11) is -3.09. The highest BCUT2D eigenvalue weighted by Gasteiger charge is 2.08. The van der Waals surface area contributed by atoms with Gasteiger partial charge < -0.3 is 0 Å². The van der Waals surface area contributed by atoms with Crippen molar-refractivity contribution < 1.29 is 8.42 Å². The second-order valence-electron chi connectivity index (χ2n) is 4.92. The predicted octanol–water partition coefficient (Wildman–Crippen LogP) is 2.05. The van der Waals surface area contributed by atoms with Gasteiger partial charge in [0.2, 0.25) is 10.0 Å².